The van der Waals surface area contributed by atoms with E-state index in [1.807, 2.05) is 24.3 Å². The van der Waals surface area contributed by atoms with Gasteiger partial charge in [-0.2, -0.15) is 0 Å². The predicted molar refractivity (Wildman–Crippen MR) is 67.0 cm³/mol. The molecular formula is C13H21NO2. The van der Waals surface area contributed by atoms with Gasteiger partial charge in [0.15, 0.2) is 0 Å². The quantitative estimate of drug-likeness (QED) is 0.666. The summed E-state index contributed by atoms with van der Waals surface area (Å²) in [4.78, 5) is 0. The molecule has 1 aromatic rings. The SMILES string of the molecule is CCCOc1ccccc1NCCCCO. The van der Waals surface area contributed by atoms with Crippen molar-refractivity contribution in [3.05, 3.63) is 24.3 Å². The van der Waals surface area contributed by atoms with Gasteiger partial charge in [-0.05, 0) is 31.4 Å². The maximum atomic E-state index is 8.68. The first-order valence-corrected chi connectivity index (χ1v) is 5.95. The van der Waals surface area contributed by atoms with Crippen molar-refractivity contribution in [2.75, 3.05) is 25.1 Å². The van der Waals surface area contributed by atoms with Crippen molar-refractivity contribution in [3.63, 3.8) is 0 Å². The molecule has 0 saturated carbocycles. The minimum absolute atomic E-state index is 0.260. The van der Waals surface area contributed by atoms with E-state index in [0.717, 1.165) is 43.9 Å². The van der Waals surface area contributed by atoms with Crippen LogP contribution in [0.2, 0.25) is 0 Å². The lowest BCUT2D eigenvalue weighted by atomic mass is 10.2. The first kappa shape index (κ1) is 12.8. The van der Waals surface area contributed by atoms with Crippen LogP contribution in [0.5, 0.6) is 5.75 Å². The van der Waals surface area contributed by atoms with E-state index in [9.17, 15) is 0 Å². The number of ether oxygens (including phenoxy) is 1. The van der Waals surface area contributed by atoms with Gasteiger partial charge in [0.1, 0.15) is 5.75 Å². The Morgan fingerprint density at radius 1 is 1.25 bits per heavy atom. The molecular weight excluding hydrogens is 202 g/mol. The standard InChI is InChI=1S/C13H21NO2/c1-2-11-16-13-8-4-3-7-12(13)14-9-5-6-10-15/h3-4,7-8,14-15H,2,5-6,9-11H2,1H3. The van der Waals surface area contributed by atoms with Gasteiger partial charge in [-0.15, -0.1) is 0 Å². The number of unbranched alkanes of at least 4 members (excludes halogenated alkanes) is 1. The number of aliphatic hydroxyl groups excluding tert-OH is 1. The molecule has 0 amide bonds. The van der Waals surface area contributed by atoms with Crippen molar-refractivity contribution in [1.29, 1.82) is 0 Å². The van der Waals surface area contributed by atoms with E-state index in [-0.39, 0.29) is 6.61 Å². The van der Waals surface area contributed by atoms with E-state index in [1.165, 1.54) is 0 Å². The first-order valence-electron chi connectivity index (χ1n) is 5.95. The van der Waals surface area contributed by atoms with Crippen LogP contribution in [0.3, 0.4) is 0 Å². The number of hydrogen-bond acceptors (Lipinski definition) is 3. The predicted octanol–water partition coefficient (Wildman–Crippen LogP) is 2.66. The Balaban J connectivity index is 2.43. The molecule has 0 aliphatic heterocycles. The second-order valence-electron chi connectivity index (χ2n) is 3.70. The van der Waals surface area contributed by atoms with E-state index in [2.05, 4.69) is 12.2 Å². The molecule has 0 radical (unpaired) electrons. The van der Waals surface area contributed by atoms with Crippen molar-refractivity contribution >= 4 is 5.69 Å². The fourth-order valence-electron chi connectivity index (χ4n) is 1.41. The van der Waals surface area contributed by atoms with Gasteiger partial charge in [0.05, 0.1) is 12.3 Å². The lowest BCUT2D eigenvalue weighted by molar-refractivity contribution is 0.286. The Bertz CT molecular complexity index is 289. The highest BCUT2D eigenvalue weighted by Crippen LogP contribution is 2.23. The number of para-hydroxylation sites is 2. The third-order valence-electron chi connectivity index (χ3n) is 2.25. The van der Waals surface area contributed by atoms with Crippen molar-refractivity contribution in [2.45, 2.75) is 26.2 Å². The number of anilines is 1. The minimum atomic E-state index is 0.260. The Morgan fingerprint density at radius 2 is 2.06 bits per heavy atom. The van der Waals surface area contributed by atoms with Crippen LogP contribution in [-0.4, -0.2) is 24.9 Å². The fourth-order valence-corrected chi connectivity index (χ4v) is 1.41. The van der Waals surface area contributed by atoms with Crippen LogP contribution in [0.1, 0.15) is 26.2 Å². The Labute approximate surface area is 97.4 Å². The number of aliphatic hydroxyl groups is 1. The molecule has 0 unspecified atom stereocenters. The molecule has 0 heterocycles. The summed E-state index contributed by atoms with van der Waals surface area (Å²) in [5.74, 6) is 0.911. The van der Waals surface area contributed by atoms with Crippen molar-refractivity contribution in [3.8, 4) is 5.75 Å². The Morgan fingerprint density at radius 3 is 2.81 bits per heavy atom. The van der Waals surface area contributed by atoms with Gasteiger partial charge in [-0.25, -0.2) is 0 Å². The first-order chi connectivity index (χ1) is 7.88. The molecule has 0 spiro atoms. The molecule has 0 fully saturated rings. The summed E-state index contributed by atoms with van der Waals surface area (Å²) in [6.07, 6.45) is 2.82. The van der Waals surface area contributed by atoms with Crippen LogP contribution in [0.4, 0.5) is 5.69 Å². The number of rotatable bonds is 8. The molecule has 0 atom stereocenters. The normalized spacial score (nSPS) is 10.1. The van der Waals surface area contributed by atoms with E-state index < -0.39 is 0 Å². The van der Waals surface area contributed by atoms with Crippen LogP contribution in [0.25, 0.3) is 0 Å². The average molecular weight is 223 g/mol. The molecule has 1 aromatic carbocycles. The molecule has 0 aliphatic carbocycles. The lowest BCUT2D eigenvalue weighted by Gasteiger charge is -2.12. The third-order valence-corrected chi connectivity index (χ3v) is 2.25. The summed E-state index contributed by atoms with van der Waals surface area (Å²) in [5.41, 5.74) is 1.04. The summed E-state index contributed by atoms with van der Waals surface area (Å²) >= 11 is 0. The molecule has 3 heteroatoms. The van der Waals surface area contributed by atoms with E-state index in [1.54, 1.807) is 0 Å². The molecule has 90 valence electrons. The highest BCUT2D eigenvalue weighted by atomic mass is 16.5. The second kappa shape index (κ2) is 7.99. The third kappa shape index (κ3) is 4.53. The summed E-state index contributed by atoms with van der Waals surface area (Å²) in [5, 5.41) is 12.0. The smallest absolute Gasteiger partial charge is 0.142 e. The van der Waals surface area contributed by atoms with Crippen LogP contribution < -0.4 is 10.1 Å². The lowest BCUT2D eigenvalue weighted by Crippen LogP contribution is -2.05. The number of benzene rings is 1. The summed E-state index contributed by atoms with van der Waals surface area (Å²) in [6.45, 7) is 3.97. The van der Waals surface area contributed by atoms with Gasteiger partial charge in [-0.3, -0.25) is 0 Å². The molecule has 0 saturated heterocycles. The van der Waals surface area contributed by atoms with Crippen LogP contribution >= 0.6 is 0 Å². The molecule has 0 aliphatic rings. The zero-order valence-electron chi connectivity index (χ0n) is 9.91. The second-order valence-corrected chi connectivity index (χ2v) is 3.70. The minimum Gasteiger partial charge on any atom is -0.491 e. The summed E-state index contributed by atoms with van der Waals surface area (Å²) in [7, 11) is 0. The topological polar surface area (TPSA) is 41.5 Å². The van der Waals surface area contributed by atoms with E-state index in [4.69, 9.17) is 9.84 Å². The van der Waals surface area contributed by atoms with Crippen molar-refractivity contribution in [2.24, 2.45) is 0 Å². The zero-order valence-corrected chi connectivity index (χ0v) is 9.91. The summed E-state index contributed by atoms with van der Waals surface area (Å²) in [6, 6.07) is 7.96. The molecule has 2 N–H and O–H groups in total. The number of hydrogen-bond donors (Lipinski definition) is 2. The number of nitrogens with one attached hydrogen (secondary N) is 1. The van der Waals surface area contributed by atoms with E-state index in [0.29, 0.717) is 0 Å². The molecule has 1 rings (SSSR count). The van der Waals surface area contributed by atoms with Crippen LogP contribution in [0.15, 0.2) is 24.3 Å². The van der Waals surface area contributed by atoms with Crippen LogP contribution in [0, 0.1) is 0 Å². The van der Waals surface area contributed by atoms with Gasteiger partial charge in [0.2, 0.25) is 0 Å². The van der Waals surface area contributed by atoms with Gasteiger partial charge < -0.3 is 15.2 Å². The van der Waals surface area contributed by atoms with Crippen molar-refractivity contribution < 1.29 is 9.84 Å². The Kier molecular flexibility index (Phi) is 6.42. The molecule has 0 bridgehead atoms. The average Bonchev–Trinajstić information content (AvgIpc) is 2.33. The highest BCUT2D eigenvalue weighted by molar-refractivity contribution is 5.56. The molecule has 16 heavy (non-hydrogen) atoms. The van der Waals surface area contributed by atoms with Crippen molar-refractivity contribution in [1.82, 2.24) is 0 Å². The van der Waals surface area contributed by atoms with Gasteiger partial charge in [0, 0.05) is 13.2 Å². The fraction of sp³-hybridized carbons (Fsp3) is 0.538. The highest BCUT2D eigenvalue weighted by Gasteiger charge is 2.00. The largest absolute Gasteiger partial charge is 0.491 e. The molecule has 3 nitrogen and oxygen atoms in total. The monoisotopic (exact) mass is 223 g/mol. The van der Waals surface area contributed by atoms with Crippen LogP contribution in [-0.2, 0) is 0 Å². The maximum absolute atomic E-state index is 8.68. The Hall–Kier alpha value is -1.22. The van der Waals surface area contributed by atoms with E-state index >= 15 is 0 Å². The van der Waals surface area contributed by atoms with Gasteiger partial charge in [-0.1, -0.05) is 19.1 Å². The van der Waals surface area contributed by atoms with Gasteiger partial charge >= 0.3 is 0 Å². The molecule has 0 aromatic heterocycles. The summed E-state index contributed by atoms with van der Waals surface area (Å²) < 4.78 is 5.63. The zero-order chi connectivity index (χ0) is 11.6. The van der Waals surface area contributed by atoms with Gasteiger partial charge in [0.25, 0.3) is 0 Å². The maximum Gasteiger partial charge on any atom is 0.142 e.